The van der Waals surface area contributed by atoms with Gasteiger partial charge < -0.3 is 0 Å². The zero-order chi connectivity index (χ0) is 26.3. The van der Waals surface area contributed by atoms with Crippen molar-refractivity contribution in [2.24, 2.45) is 0 Å². The van der Waals surface area contributed by atoms with Gasteiger partial charge in [0.15, 0.2) is 0 Å². The summed E-state index contributed by atoms with van der Waals surface area (Å²) in [6.07, 6.45) is 0. The molecule has 0 fully saturated rings. The highest BCUT2D eigenvalue weighted by Crippen LogP contribution is 2.37. The van der Waals surface area contributed by atoms with E-state index >= 15 is 0 Å². The maximum atomic E-state index is 2.41. The quantitative estimate of drug-likeness (QED) is 0.186. The van der Waals surface area contributed by atoms with Crippen molar-refractivity contribution in [2.45, 2.75) is 9.79 Å². The molecule has 3 heteroatoms. The average Bonchev–Trinajstić information content (AvgIpc) is 3.00. The molecule has 0 radical (unpaired) electrons. The fraction of sp³-hybridized carbons (Fsp3) is 0. The monoisotopic (exact) mass is 556 g/mol. The van der Waals surface area contributed by atoms with Crippen LogP contribution in [0.15, 0.2) is 180 Å². The van der Waals surface area contributed by atoms with Gasteiger partial charge in [-0.3, -0.25) is 0 Å². The van der Waals surface area contributed by atoms with Gasteiger partial charge in [0.1, 0.15) is 31.8 Å². The second kappa shape index (κ2) is 12.6. The number of benzene rings is 6. The molecule has 0 amide bonds. The molecule has 0 nitrogen and oxygen atoms in total. The molecule has 0 aliphatic heterocycles. The summed E-state index contributed by atoms with van der Waals surface area (Å²) in [6.45, 7) is 0. The fourth-order valence-electron chi connectivity index (χ4n) is 4.99. The van der Waals surface area contributed by atoms with Gasteiger partial charge in [0.25, 0.3) is 0 Å². The van der Waals surface area contributed by atoms with Crippen molar-refractivity contribution in [1.29, 1.82) is 0 Å². The van der Waals surface area contributed by atoms with Gasteiger partial charge in [0.05, 0.1) is 15.8 Å². The van der Waals surface area contributed by atoms with E-state index in [1.165, 1.54) is 41.6 Å². The first-order valence-corrected chi connectivity index (χ1v) is 17.0. The standard InChI is InChI=1S/C36H28P2S/c1-5-15-29(16-6-1)37(30-17-7-2-8-18-30)33-23-13-25-35(27-33)39-36-26-14-24-34(28-36)38(31-19-9-3-10-20-31)32-21-11-4-12-22-32/h1-28H/p+2. The molecule has 0 aliphatic carbocycles. The molecule has 0 N–H and O–H groups in total. The molecular weight excluding hydrogens is 526 g/mol. The third-order valence-electron chi connectivity index (χ3n) is 6.73. The van der Waals surface area contributed by atoms with Crippen molar-refractivity contribution >= 4 is 59.4 Å². The van der Waals surface area contributed by atoms with Crippen molar-refractivity contribution < 1.29 is 0 Å². The Bertz CT molecular complexity index is 1420. The lowest BCUT2D eigenvalue weighted by molar-refractivity contribution is 1.43. The highest BCUT2D eigenvalue weighted by Gasteiger charge is 2.27. The molecule has 6 rings (SSSR count). The maximum absolute atomic E-state index is 2.41. The van der Waals surface area contributed by atoms with Crippen molar-refractivity contribution in [3.8, 4) is 0 Å². The molecular formula is C36H30P2S+2. The van der Waals surface area contributed by atoms with Crippen LogP contribution >= 0.6 is 27.6 Å². The topological polar surface area (TPSA) is 0 Å². The lowest BCUT2D eigenvalue weighted by Gasteiger charge is -2.13. The van der Waals surface area contributed by atoms with Crippen LogP contribution in [0.1, 0.15) is 0 Å². The van der Waals surface area contributed by atoms with Crippen LogP contribution in [-0.2, 0) is 0 Å². The normalized spacial score (nSPS) is 11.1. The summed E-state index contributed by atoms with van der Waals surface area (Å²) >= 11 is 1.86. The summed E-state index contributed by atoms with van der Waals surface area (Å²) in [5, 5.41) is 8.48. The molecule has 0 spiro atoms. The van der Waals surface area contributed by atoms with Gasteiger partial charge in [-0.05, 0) is 84.9 Å². The molecule has 0 saturated carbocycles. The third-order valence-corrected chi connectivity index (χ3v) is 13.1. The van der Waals surface area contributed by atoms with Crippen LogP contribution in [0.25, 0.3) is 0 Å². The maximum Gasteiger partial charge on any atom is 0.103 e. The lowest BCUT2D eigenvalue weighted by Crippen LogP contribution is -2.20. The van der Waals surface area contributed by atoms with Crippen molar-refractivity contribution in [1.82, 2.24) is 0 Å². The van der Waals surface area contributed by atoms with Gasteiger partial charge in [-0.2, -0.15) is 0 Å². The predicted octanol–water partition coefficient (Wildman–Crippen LogP) is 6.82. The largest absolute Gasteiger partial charge is 0.103 e. The number of rotatable bonds is 8. The van der Waals surface area contributed by atoms with E-state index in [0.29, 0.717) is 0 Å². The van der Waals surface area contributed by atoms with Gasteiger partial charge in [-0.15, -0.1) is 0 Å². The first-order valence-electron chi connectivity index (χ1n) is 13.2. The minimum atomic E-state index is -1.09. The Kier molecular flexibility index (Phi) is 8.32. The Balaban J connectivity index is 1.34. The van der Waals surface area contributed by atoms with Crippen LogP contribution in [-0.4, -0.2) is 0 Å². The molecule has 0 unspecified atom stereocenters. The predicted molar refractivity (Wildman–Crippen MR) is 177 cm³/mol. The van der Waals surface area contributed by atoms with Crippen LogP contribution in [0.5, 0.6) is 0 Å². The van der Waals surface area contributed by atoms with Crippen LogP contribution in [0.4, 0.5) is 0 Å². The van der Waals surface area contributed by atoms with E-state index in [1.807, 2.05) is 11.8 Å². The van der Waals surface area contributed by atoms with Crippen molar-refractivity contribution in [3.63, 3.8) is 0 Å². The van der Waals surface area contributed by atoms with E-state index in [1.54, 1.807) is 0 Å². The number of hydrogen-bond acceptors (Lipinski definition) is 1. The van der Waals surface area contributed by atoms with E-state index in [0.717, 1.165) is 0 Å². The molecule has 0 aromatic heterocycles. The Morgan fingerprint density at radius 3 is 0.872 bits per heavy atom. The first kappa shape index (κ1) is 25.8. The van der Waals surface area contributed by atoms with E-state index in [-0.39, 0.29) is 0 Å². The molecule has 0 heterocycles. The Morgan fingerprint density at radius 1 is 0.282 bits per heavy atom. The van der Waals surface area contributed by atoms with Gasteiger partial charge in [-0.1, -0.05) is 96.7 Å². The van der Waals surface area contributed by atoms with Crippen LogP contribution < -0.4 is 31.8 Å². The van der Waals surface area contributed by atoms with Gasteiger partial charge >= 0.3 is 0 Å². The minimum Gasteiger partial charge on any atom is -0.0898 e. The van der Waals surface area contributed by atoms with Gasteiger partial charge in [0, 0.05) is 9.79 Å². The smallest absolute Gasteiger partial charge is 0.0898 e. The van der Waals surface area contributed by atoms with E-state index in [2.05, 4.69) is 170 Å². The Hall–Kier alpha value is -3.47. The zero-order valence-corrected chi connectivity index (χ0v) is 24.4. The Morgan fingerprint density at radius 2 is 0.564 bits per heavy atom. The SMILES string of the molecule is c1ccc([PH+](c2ccccc2)c2cccc(Sc3cccc([PH+](c4ccccc4)c4ccccc4)c3)c2)cc1. The van der Waals surface area contributed by atoms with Crippen molar-refractivity contribution in [3.05, 3.63) is 170 Å². The third kappa shape index (κ3) is 6.24. The lowest BCUT2D eigenvalue weighted by atomic mass is 10.3. The first-order chi connectivity index (χ1) is 19.3. The summed E-state index contributed by atoms with van der Waals surface area (Å²) in [5.74, 6) is 0. The molecule has 188 valence electrons. The number of hydrogen-bond donors (Lipinski definition) is 0. The van der Waals surface area contributed by atoms with Crippen LogP contribution in [0.3, 0.4) is 0 Å². The summed E-state index contributed by atoms with van der Waals surface area (Å²) in [4.78, 5) is 2.57. The molecule has 6 aromatic carbocycles. The fourth-order valence-corrected chi connectivity index (χ4v) is 11.4. The summed E-state index contributed by atoms with van der Waals surface area (Å²) in [6, 6.07) is 62.3. The van der Waals surface area contributed by atoms with E-state index in [9.17, 15) is 0 Å². The van der Waals surface area contributed by atoms with Gasteiger partial charge in [0.2, 0.25) is 0 Å². The summed E-state index contributed by atoms with van der Waals surface area (Å²) in [5.41, 5.74) is 0. The van der Waals surface area contributed by atoms with Crippen LogP contribution in [0, 0.1) is 0 Å². The molecule has 0 saturated heterocycles. The second-order valence-corrected chi connectivity index (χ2v) is 15.5. The summed E-state index contributed by atoms with van der Waals surface area (Å²) < 4.78 is 0. The second-order valence-electron chi connectivity index (χ2n) is 9.37. The molecule has 0 atom stereocenters. The summed E-state index contributed by atoms with van der Waals surface area (Å²) in [7, 11) is -2.18. The highest BCUT2D eigenvalue weighted by atomic mass is 32.2. The van der Waals surface area contributed by atoms with E-state index < -0.39 is 15.8 Å². The van der Waals surface area contributed by atoms with Crippen molar-refractivity contribution in [2.75, 3.05) is 0 Å². The highest BCUT2D eigenvalue weighted by molar-refractivity contribution is 7.99. The molecule has 0 aliphatic rings. The molecule has 6 aromatic rings. The van der Waals surface area contributed by atoms with Gasteiger partial charge in [-0.25, -0.2) is 0 Å². The zero-order valence-electron chi connectivity index (χ0n) is 21.6. The molecule has 39 heavy (non-hydrogen) atoms. The molecule has 0 bridgehead atoms. The van der Waals surface area contributed by atoms with Crippen LogP contribution in [0.2, 0.25) is 0 Å². The Labute approximate surface area is 238 Å². The minimum absolute atomic E-state index is 1.09. The van der Waals surface area contributed by atoms with E-state index in [4.69, 9.17) is 0 Å². The average molecular weight is 557 g/mol.